The molecule has 0 radical (unpaired) electrons. The highest BCUT2D eigenvalue weighted by Crippen LogP contribution is 2.16. The molecule has 0 aromatic carbocycles. The maximum Gasteiger partial charge on any atom is 0.125 e. The predicted octanol–water partition coefficient (Wildman–Crippen LogP) is 1.56. The van der Waals surface area contributed by atoms with Gasteiger partial charge in [-0.05, 0) is 46.3 Å². The molecule has 1 aromatic rings. The number of piperidine rings is 1. The molecule has 0 aliphatic carbocycles. The molecule has 0 bridgehead atoms. The quantitative estimate of drug-likeness (QED) is 0.809. The summed E-state index contributed by atoms with van der Waals surface area (Å²) < 4.78 is 0. The van der Waals surface area contributed by atoms with Gasteiger partial charge in [0.05, 0.1) is 0 Å². The molecule has 1 atom stereocenters. The number of aryl methyl sites for hydroxylation is 1. The van der Waals surface area contributed by atoms with Gasteiger partial charge in [-0.3, -0.25) is 0 Å². The zero-order valence-electron chi connectivity index (χ0n) is 11.8. The fourth-order valence-electron chi connectivity index (χ4n) is 2.74. The Labute approximate surface area is 110 Å². The Bertz CT molecular complexity index is 363. The zero-order valence-corrected chi connectivity index (χ0v) is 11.8. The van der Waals surface area contributed by atoms with Crippen molar-refractivity contribution in [3.63, 3.8) is 0 Å². The minimum atomic E-state index is 0.806. The van der Waals surface area contributed by atoms with Crippen LogP contribution in [-0.4, -0.2) is 53.5 Å². The van der Waals surface area contributed by atoms with Crippen LogP contribution in [0.4, 0.5) is 0 Å². The highest BCUT2D eigenvalue weighted by molar-refractivity contribution is 5.04. The van der Waals surface area contributed by atoms with E-state index in [0.717, 1.165) is 24.8 Å². The number of likely N-dealkylation sites (tertiary alicyclic amines) is 1. The minimum Gasteiger partial charge on any atom is -0.306 e. The standard InChI is InChI=1S/C14H24N4/c1-12-15-7-14(8-16-12)11-18(3)10-13-5-4-6-17(2)9-13/h7-8,13H,4-6,9-11H2,1-3H3. The van der Waals surface area contributed by atoms with Gasteiger partial charge in [-0.1, -0.05) is 0 Å². The molecule has 1 aliphatic rings. The molecule has 1 unspecified atom stereocenters. The molecule has 0 spiro atoms. The summed E-state index contributed by atoms with van der Waals surface area (Å²) in [6.07, 6.45) is 6.57. The molecule has 100 valence electrons. The molecule has 4 heteroatoms. The first kappa shape index (κ1) is 13.4. The van der Waals surface area contributed by atoms with Crippen molar-refractivity contribution in [1.82, 2.24) is 19.8 Å². The van der Waals surface area contributed by atoms with Crippen molar-refractivity contribution < 1.29 is 0 Å². The van der Waals surface area contributed by atoms with E-state index in [1.54, 1.807) is 0 Å². The highest BCUT2D eigenvalue weighted by Gasteiger charge is 2.18. The second kappa shape index (κ2) is 6.25. The molecule has 0 saturated carbocycles. The lowest BCUT2D eigenvalue weighted by molar-refractivity contribution is 0.163. The largest absolute Gasteiger partial charge is 0.306 e. The van der Waals surface area contributed by atoms with E-state index in [2.05, 4.69) is 33.9 Å². The van der Waals surface area contributed by atoms with E-state index in [9.17, 15) is 0 Å². The SMILES string of the molecule is Cc1ncc(CN(C)CC2CCCN(C)C2)cn1. The Kier molecular flexibility index (Phi) is 4.66. The first-order valence-electron chi connectivity index (χ1n) is 6.78. The summed E-state index contributed by atoms with van der Waals surface area (Å²) >= 11 is 0. The van der Waals surface area contributed by atoms with E-state index in [1.165, 1.54) is 31.5 Å². The van der Waals surface area contributed by atoms with Gasteiger partial charge in [0.15, 0.2) is 0 Å². The van der Waals surface area contributed by atoms with Gasteiger partial charge in [0, 0.05) is 37.6 Å². The Hall–Kier alpha value is -1.00. The molecule has 0 N–H and O–H groups in total. The van der Waals surface area contributed by atoms with E-state index >= 15 is 0 Å². The van der Waals surface area contributed by atoms with Crippen LogP contribution < -0.4 is 0 Å². The summed E-state index contributed by atoms with van der Waals surface area (Å²) in [7, 11) is 4.41. The lowest BCUT2D eigenvalue weighted by Crippen LogP contribution is -2.37. The van der Waals surface area contributed by atoms with E-state index < -0.39 is 0 Å². The Morgan fingerprint density at radius 1 is 1.39 bits per heavy atom. The first-order valence-corrected chi connectivity index (χ1v) is 6.78. The molecule has 1 aliphatic heterocycles. The van der Waals surface area contributed by atoms with Gasteiger partial charge >= 0.3 is 0 Å². The Balaban J connectivity index is 1.81. The summed E-state index contributed by atoms with van der Waals surface area (Å²) in [6, 6.07) is 0. The van der Waals surface area contributed by atoms with Crippen LogP contribution in [-0.2, 0) is 6.54 Å². The van der Waals surface area contributed by atoms with Crippen molar-refractivity contribution in [3.05, 3.63) is 23.8 Å². The van der Waals surface area contributed by atoms with Gasteiger partial charge in [0.25, 0.3) is 0 Å². The van der Waals surface area contributed by atoms with Crippen LogP contribution in [0.25, 0.3) is 0 Å². The van der Waals surface area contributed by atoms with Gasteiger partial charge < -0.3 is 9.80 Å². The van der Waals surface area contributed by atoms with Crippen molar-refractivity contribution >= 4 is 0 Å². The lowest BCUT2D eigenvalue weighted by atomic mass is 9.98. The predicted molar refractivity (Wildman–Crippen MR) is 73.3 cm³/mol. The van der Waals surface area contributed by atoms with Crippen molar-refractivity contribution in [3.8, 4) is 0 Å². The molecule has 1 saturated heterocycles. The van der Waals surface area contributed by atoms with Crippen molar-refractivity contribution in [2.45, 2.75) is 26.3 Å². The average Bonchev–Trinajstić information content (AvgIpc) is 2.32. The van der Waals surface area contributed by atoms with Crippen LogP contribution in [0.3, 0.4) is 0 Å². The van der Waals surface area contributed by atoms with Crippen LogP contribution in [0.15, 0.2) is 12.4 Å². The molecule has 0 amide bonds. The van der Waals surface area contributed by atoms with Crippen LogP contribution in [0.5, 0.6) is 0 Å². The monoisotopic (exact) mass is 248 g/mol. The smallest absolute Gasteiger partial charge is 0.125 e. The number of rotatable bonds is 4. The molecule has 2 rings (SSSR count). The second-order valence-electron chi connectivity index (χ2n) is 5.61. The Morgan fingerprint density at radius 3 is 2.78 bits per heavy atom. The molecule has 18 heavy (non-hydrogen) atoms. The first-order chi connectivity index (χ1) is 8.63. The molecule has 1 aromatic heterocycles. The maximum absolute atomic E-state index is 4.25. The van der Waals surface area contributed by atoms with Gasteiger partial charge in [0.2, 0.25) is 0 Å². The number of aromatic nitrogens is 2. The zero-order chi connectivity index (χ0) is 13.0. The summed E-state index contributed by atoms with van der Waals surface area (Å²) in [5.41, 5.74) is 1.20. The molecule has 4 nitrogen and oxygen atoms in total. The van der Waals surface area contributed by atoms with Crippen LogP contribution >= 0.6 is 0 Å². The second-order valence-corrected chi connectivity index (χ2v) is 5.61. The van der Waals surface area contributed by atoms with Gasteiger partial charge in [-0.25, -0.2) is 9.97 Å². The van der Waals surface area contributed by atoms with Crippen LogP contribution in [0.1, 0.15) is 24.2 Å². The van der Waals surface area contributed by atoms with E-state index in [1.807, 2.05) is 19.3 Å². The summed E-state index contributed by atoms with van der Waals surface area (Å²) in [5, 5.41) is 0. The molecule has 1 fully saturated rings. The third-order valence-corrected chi connectivity index (χ3v) is 3.58. The minimum absolute atomic E-state index is 0.806. The highest BCUT2D eigenvalue weighted by atomic mass is 15.1. The number of hydrogen-bond acceptors (Lipinski definition) is 4. The Morgan fingerprint density at radius 2 is 2.11 bits per heavy atom. The molecular weight excluding hydrogens is 224 g/mol. The maximum atomic E-state index is 4.25. The topological polar surface area (TPSA) is 32.3 Å². The van der Waals surface area contributed by atoms with Crippen molar-refractivity contribution in [1.29, 1.82) is 0 Å². The summed E-state index contributed by atoms with van der Waals surface area (Å²) in [6.45, 7) is 6.52. The fraction of sp³-hybridized carbons (Fsp3) is 0.714. The van der Waals surface area contributed by atoms with Crippen molar-refractivity contribution in [2.24, 2.45) is 5.92 Å². The number of hydrogen-bond donors (Lipinski definition) is 0. The third kappa shape index (κ3) is 4.03. The number of nitrogens with zero attached hydrogens (tertiary/aromatic N) is 4. The van der Waals surface area contributed by atoms with Gasteiger partial charge in [-0.15, -0.1) is 0 Å². The third-order valence-electron chi connectivity index (χ3n) is 3.58. The van der Waals surface area contributed by atoms with Crippen LogP contribution in [0, 0.1) is 12.8 Å². The molecular formula is C14H24N4. The average molecular weight is 248 g/mol. The van der Waals surface area contributed by atoms with E-state index in [0.29, 0.717) is 0 Å². The summed E-state index contributed by atoms with van der Waals surface area (Å²) in [4.78, 5) is 13.3. The van der Waals surface area contributed by atoms with E-state index in [-0.39, 0.29) is 0 Å². The summed E-state index contributed by atoms with van der Waals surface area (Å²) in [5.74, 6) is 1.65. The fourth-order valence-corrected chi connectivity index (χ4v) is 2.74. The lowest BCUT2D eigenvalue weighted by Gasteiger charge is -2.32. The van der Waals surface area contributed by atoms with E-state index in [4.69, 9.17) is 0 Å². The normalized spacial score (nSPS) is 21.4. The van der Waals surface area contributed by atoms with Crippen molar-refractivity contribution in [2.75, 3.05) is 33.7 Å². The van der Waals surface area contributed by atoms with Crippen LogP contribution in [0.2, 0.25) is 0 Å². The molecule has 2 heterocycles. The van der Waals surface area contributed by atoms with Gasteiger partial charge in [-0.2, -0.15) is 0 Å². The van der Waals surface area contributed by atoms with Gasteiger partial charge in [0.1, 0.15) is 5.82 Å².